The molecule has 2 aliphatic rings. The lowest BCUT2D eigenvalue weighted by Crippen LogP contribution is -2.55. The molecule has 8 heteroatoms. The molecule has 0 spiro atoms. The maximum atomic E-state index is 13.5. The Morgan fingerprint density at radius 2 is 2.00 bits per heavy atom. The van der Waals surface area contributed by atoms with Gasteiger partial charge in [-0.15, -0.1) is 0 Å². The molecule has 2 heterocycles. The number of aromatic hydroxyl groups is 1. The summed E-state index contributed by atoms with van der Waals surface area (Å²) < 4.78 is 6.17. The molecule has 2 atom stereocenters. The first-order chi connectivity index (χ1) is 14.9. The predicted molar refractivity (Wildman–Crippen MR) is 116 cm³/mol. The first kappa shape index (κ1) is 21.1. The molecule has 0 aliphatic carbocycles. The smallest absolute Gasteiger partial charge is 0.251 e. The average Bonchev–Trinajstić information content (AvgIpc) is 3.15. The third-order valence-electron chi connectivity index (χ3n) is 5.33. The van der Waals surface area contributed by atoms with Gasteiger partial charge in [-0.05, 0) is 48.4 Å². The van der Waals surface area contributed by atoms with E-state index in [-0.39, 0.29) is 36.4 Å². The molecule has 2 aromatic carbocycles. The van der Waals surface area contributed by atoms with Gasteiger partial charge in [0.1, 0.15) is 24.2 Å². The lowest BCUT2D eigenvalue weighted by molar-refractivity contribution is -0.139. The predicted octanol–water partition coefficient (Wildman–Crippen LogP) is 2.58. The van der Waals surface area contributed by atoms with Crippen molar-refractivity contribution in [1.82, 2.24) is 10.2 Å². The zero-order valence-electron chi connectivity index (χ0n) is 16.6. The summed E-state index contributed by atoms with van der Waals surface area (Å²) in [6.45, 7) is 0.328. The number of nitrogens with one attached hydrogen (secondary N) is 1. The van der Waals surface area contributed by atoms with Crippen LogP contribution in [0, 0.1) is 0 Å². The highest BCUT2D eigenvalue weighted by molar-refractivity contribution is 9.10. The van der Waals surface area contributed by atoms with Gasteiger partial charge in [-0.2, -0.15) is 0 Å². The first-order valence-corrected chi connectivity index (χ1v) is 10.7. The fourth-order valence-electron chi connectivity index (χ4n) is 3.82. The summed E-state index contributed by atoms with van der Waals surface area (Å²) in [5.74, 6) is -0.275. The number of ether oxygens (including phenoxy) is 1. The van der Waals surface area contributed by atoms with Crippen LogP contribution in [0.4, 0.5) is 0 Å². The maximum Gasteiger partial charge on any atom is 0.251 e. The largest absolute Gasteiger partial charge is 0.508 e. The SMILES string of the molecule is O=C(NC(Cc1ccc(O)cc1)C(=O)N1CCC=C2OCC(=O)C21)c1cccc(Br)c1. The van der Waals surface area contributed by atoms with E-state index in [1.165, 1.54) is 17.0 Å². The third kappa shape index (κ3) is 4.64. The number of halogens is 1. The van der Waals surface area contributed by atoms with Crippen LogP contribution in [0.3, 0.4) is 0 Å². The van der Waals surface area contributed by atoms with E-state index in [0.29, 0.717) is 24.3 Å². The molecule has 7 nitrogen and oxygen atoms in total. The highest BCUT2D eigenvalue weighted by atomic mass is 79.9. The van der Waals surface area contributed by atoms with Crippen molar-refractivity contribution in [2.45, 2.75) is 24.9 Å². The van der Waals surface area contributed by atoms with Crippen molar-refractivity contribution in [3.8, 4) is 5.75 Å². The van der Waals surface area contributed by atoms with Crippen LogP contribution in [-0.4, -0.2) is 52.8 Å². The van der Waals surface area contributed by atoms with Crippen molar-refractivity contribution >= 4 is 33.5 Å². The van der Waals surface area contributed by atoms with Crippen molar-refractivity contribution in [2.75, 3.05) is 13.2 Å². The molecule has 31 heavy (non-hydrogen) atoms. The second kappa shape index (κ2) is 8.93. The minimum atomic E-state index is -0.885. The van der Waals surface area contributed by atoms with Gasteiger partial charge in [0.15, 0.2) is 11.8 Å². The fourth-order valence-corrected chi connectivity index (χ4v) is 4.22. The molecule has 160 valence electrons. The number of fused-ring (bicyclic) bond motifs is 1. The van der Waals surface area contributed by atoms with Gasteiger partial charge in [0.25, 0.3) is 5.91 Å². The van der Waals surface area contributed by atoms with Gasteiger partial charge in [-0.25, -0.2) is 0 Å². The molecule has 0 bridgehead atoms. The number of phenols is 1. The van der Waals surface area contributed by atoms with Crippen LogP contribution in [0.15, 0.2) is 64.8 Å². The molecule has 1 saturated heterocycles. The number of amides is 2. The fraction of sp³-hybridized carbons (Fsp3) is 0.261. The minimum Gasteiger partial charge on any atom is -0.508 e. The normalized spacial score (nSPS) is 18.6. The molecule has 0 radical (unpaired) electrons. The molecular formula is C23H21BrN2O5. The number of hydrogen-bond acceptors (Lipinski definition) is 5. The minimum absolute atomic E-state index is 0.0483. The zero-order valence-corrected chi connectivity index (χ0v) is 18.2. The van der Waals surface area contributed by atoms with Crippen molar-refractivity contribution < 1.29 is 24.2 Å². The van der Waals surface area contributed by atoms with E-state index in [0.717, 1.165) is 10.0 Å². The van der Waals surface area contributed by atoms with Crippen LogP contribution in [0.5, 0.6) is 5.75 Å². The Kier molecular flexibility index (Phi) is 6.08. The van der Waals surface area contributed by atoms with Crippen LogP contribution < -0.4 is 5.32 Å². The third-order valence-corrected chi connectivity index (χ3v) is 5.83. The number of carbonyl (C=O) groups excluding carboxylic acids is 3. The van der Waals surface area contributed by atoms with Crippen molar-refractivity contribution in [3.63, 3.8) is 0 Å². The lowest BCUT2D eigenvalue weighted by atomic mass is 10.00. The Hall–Kier alpha value is -3.13. The van der Waals surface area contributed by atoms with Gasteiger partial charge >= 0.3 is 0 Å². The monoisotopic (exact) mass is 484 g/mol. The summed E-state index contributed by atoms with van der Waals surface area (Å²) in [5, 5.41) is 12.4. The van der Waals surface area contributed by atoms with Crippen molar-refractivity contribution in [2.24, 2.45) is 0 Å². The van der Waals surface area contributed by atoms with E-state index in [1.54, 1.807) is 30.3 Å². The van der Waals surface area contributed by atoms with E-state index in [9.17, 15) is 19.5 Å². The second-order valence-electron chi connectivity index (χ2n) is 7.49. The quantitative estimate of drug-likeness (QED) is 0.679. The Labute approximate surface area is 187 Å². The molecule has 0 saturated carbocycles. The Morgan fingerprint density at radius 3 is 2.74 bits per heavy atom. The molecule has 2 aliphatic heterocycles. The topological polar surface area (TPSA) is 95.9 Å². The van der Waals surface area contributed by atoms with Crippen LogP contribution >= 0.6 is 15.9 Å². The van der Waals surface area contributed by atoms with E-state index < -0.39 is 12.1 Å². The summed E-state index contributed by atoms with van der Waals surface area (Å²) in [5.41, 5.74) is 1.19. The van der Waals surface area contributed by atoms with Gasteiger partial charge < -0.3 is 20.1 Å². The summed E-state index contributed by atoms with van der Waals surface area (Å²) >= 11 is 3.35. The Bertz CT molecular complexity index is 1050. The number of hydrogen-bond donors (Lipinski definition) is 2. The number of rotatable bonds is 5. The number of carbonyl (C=O) groups is 3. The lowest BCUT2D eigenvalue weighted by Gasteiger charge is -2.33. The van der Waals surface area contributed by atoms with E-state index in [4.69, 9.17) is 4.74 Å². The van der Waals surface area contributed by atoms with Gasteiger partial charge in [-0.1, -0.05) is 34.1 Å². The van der Waals surface area contributed by atoms with Gasteiger partial charge in [0.2, 0.25) is 5.91 Å². The van der Waals surface area contributed by atoms with Crippen LogP contribution in [0.1, 0.15) is 22.3 Å². The van der Waals surface area contributed by atoms with Crippen molar-refractivity contribution in [1.29, 1.82) is 0 Å². The van der Waals surface area contributed by atoms with Crippen molar-refractivity contribution in [3.05, 3.63) is 76.0 Å². The average molecular weight is 485 g/mol. The molecule has 2 amide bonds. The Morgan fingerprint density at radius 1 is 1.23 bits per heavy atom. The molecular weight excluding hydrogens is 464 g/mol. The first-order valence-electron chi connectivity index (χ1n) is 9.93. The maximum absolute atomic E-state index is 13.5. The van der Waals surface area contributed by atoms with Crippen LogP contribution in [0.2, 0.25) is 0 Å². The molecule has 2 N–H and O–H groups in total. The van der Waals surface area contributed by atoms with Gasteiger partial charge in [-0.3, -0.25) is 14.4 Å². The summed E-state index contributed by atoms with van der Waals surface area (Å²) in [4.78, 5) is 40.2. The number of nitrogens with zero attached hydrogens (tertiary/aromatic N) is 1. The summed E-state index contributed by atoms with van der Waals surface area (Å²) in [6, 6.07) is 11.7. The molecule has 0 aromatic heterocycles. The number of ketones is 1. The van der Waals surface area contributed by atoms with E-state index >= 15 is 0 Å². The van der Waals surface area contributed by atoms with Crippen LogP contribution in [-0.2, 0) is 20.7 Å². The van der Waals surface area contributed by atoms with E-state index in [2.05, 4.69) is 21.2 Å². The number of benzene rings is 2. The molecule has 2 unspecified atom stereocenters. The van der Waals surface area contributed by atoms with E-state index in [1.807, 2.05) is 12.1 Å². The van der Waals surface area contributed by atoms with Gasteiger partial charge in [0, 0.05) is 23.0 Å². The van der Waals surface area contributed by atoms with Gasteiger partial charge in [0.05, 0.1) is 0 Å². The molecule has 2 aromatic rings. The summed E-state index contributed by atoms with van der Waals surface area (Å²) in [6.07, 6.45) is 2.64. The standard InChI is InChI=1S/C23H21BrN2O5/c24-16-4-1-3-15(12-16)22(29)25-18(11-14-6-8-17(27)9-7-14)23(30)26-10-2-5-20-21(26)19(28)13-31-20/h1,3-9,12,18,21,27H,2,10-11,13H2,(H,25,29). The molecule has 1 fully saturated rings. The number of Topliss-reactive ketones (excluding diaryl/α,β-unsaturated/α-hetero) is 1. The highest BCUT2D eigenvalue weighted by Crippen LogP contribution is 2.26. The Balaban J connectivity index is 1.60. The molecule has 4 rings (SSSR count). The van der Waals surface area contributed by atoms with Crippen LogP contribution in [0.25, 0.3) is 0 Å². The number of phenolic OH excluding ortho intramolecular Hbond substituents is 1. The zero-order chi connectivity index (χ0) is 22.0. The second-order valence-corrected chi connectivity index (χ2v) is 8.41. The summed E-state index contributed by atoms with van der Waals surface area (Å²) in [7, 11) is 0. The highest BCUT2D eigenvalue weighted by Gasteiger charge is 2.42.